The van der Waals surface area contributed by atoms with E-state index in [1.54, 1.807) is 0 Å². The molecule has 0 aromatic carbocycles. The van der Waals surface area contributed by atoms with Crippen LogP contribution in [0.15, 0.2) is 36.5 Å². The summed E-state index contributed by atoms with van der Waals surface area (Å²) < 4.78 is 22.8. The molecule has 0 aromatic rings. The first-order chi connectivity index (χ1) is 35.1. The van der Waals surface area contributed by atoms with Crippen LogP contribution in [0.5, 0.6) is 0 Å². The van der Waals surface area contributed by atoms with Crippen LogP contribution in [0, 0.1) is 0 Å². The predicted octanol–water partition coefficient (Wildman–Crippen LogP) is 18.1. The first-order valence-corrected chi connectivity index (χ1v) is 30.7. The fourth-order valence-electron chi connectivity index (χ4n) is 8.91. The molecule has 0 amide bonds. The van der Waals surface area contributed by atoms with Gasteiger partial charge in [-0.15, -0.1) is 0 Å². The van der Waals surface area contributed by atoms with Crippen LogP contribution in [0.3, 0.4) is 0 Å². The van der Waals surface area contributed by atoms with E-state index >= 15 is 0 Å². The van der Waals surface area contributed by atoms with E-state index in [9.17, 15) is 19.5 Å². The highest BCUT2D eigenvalue weighted by Gasteiger charge is 2.25. The van der Waals surface area contributed by atoms with E-state index in [1.807, 2.05) is 21.1 Å². The van der Waals surface area contributed by atoms with Crippen LogP contribution < -0.4 is 0 Å². The highest BCUT2D eigenvalue weighted by Crippen LogP contribution is 2.17. The summed E-state index contributed by atoms with van der Waals surface area (Å²) in [5.41, 5.74) is 0. The summed E-state index contributed by atoms with van der Waals surface area (Å²) in [6, 6.07) is 0. The Morgan fingerprint density at radius 1 is 0.417 bits per heavy atom. The van der Waals surface area contributed by atoms with Crippen LogP contribution in [0.1, 0.15) is 290 Å². The lowest BCUT2D eigenvalue weighted by molar-refractivity contribution is -0.870. The van der Waals surface area contributed by atoms with Crippen LogP contribution in [-0.2, 0) is 33.3 Å². The number of carbonyl (C=O) groups is 3. The molecule has 9 heteroatoms. The second-order valence-electron chi connectivity index (χ2n) is 22.0. The molecule has 422 valence electrons. The number of hydrogen-bond donors (Lipinski definition) is 1. The van der Waals surface area contributed by atoms with Gasteiger partial charge in [0.1, 0.15) is 13.2 Å². The number of unbranched alkanes of at least 4 members (excludes halogenated alkanes) is 36. The number of likely N-dealkylation sites (N-methyl/N-ethyl adjacent to an activating group) is 1. The van der Waals surface area contributed by atoms with Crippen molar-refractivity contribution in [3.63, 3.8) is 0 Å². The van der Waals surface area contributed by atoms with Crippen LogP contribution in [0.2, 0.25) is 0 Å². The average Bonchev–Trinajstić information content (AvgIpc) is 3.35. The number of nitrogens with zero attached hydrogens (tertiary/aromatic N) is 1. The fourth-order valence-corrected chi connectivity index (χ4v) is 8.91. The molecule has 0 saturated carbocycles. The van der Waals surface area contributed by atoms with Crippen molar-refractivity contribution in [2.24, 2.45) is 0 Å². The Hall–Kier alpha value is -2.49. The Labute approximate surface area is 445 Å². The maximum Gasteiger partial charge on any atom is 0.361 e. The molecule has 1 N–H and O–H groups in total. The molecule has 0 spiro atoms. The van der Waals surface area contributed by atoms with Crippen molar-refractivity contribution in [3.05, 3.63) is 36.5 Å². The Kier molecular flexibility index (Phi) is 52.9. The van der Waals surface area contributed by atoms with Gasteiger partial charge in [0.15, 0.2) is 6.10 Å². The van der Waals surface area contributed by atoms with Crippen LogP contribution >= 0.6 is 0 Å². The summed E-state index contributed by atoms with van der Waals surface area (Å²) >= 11 is 0. The largest absolute Gasteiger partial charge is 0.477 e. The predicted molar refractivity (Wildman–Crippen MR) is 304 cm³/mol. The smallest absolute Gasteiger partial charge is 0.361 e. The molecule has 0 bridgehead atoms. The van der Waals surface area contributed by atoms with Gasteiger partial charge in [0.25, 0.3) is 6.29 Å². The highest BCUT2D eigenvalue weighted by atomic mass is 16.7. The topological polar surface area (TPSA) is 108 Å². The van der Waals surface area contributed by atoms with E-state index in [1.165, 1.54) is 212 Å². The zero-order valence-electron chi connectivity index (χ0n) is 48.1. The van der Waals surface area contributed by atoms with Gasteiger partial charge in [-0.1, -0.05) is 262 Å². The summed E-state index contributed by atoms with van der Waals surface area (Å²) in [5, 5.41) is 9.67. The monoisotopic (exact) mass is 1020 g/mol. The number of quaternary nitrogens is 1. The number of hydrogen-bond acceptors (Lipinski definition) is 7. The van der Waals surface area contributed by atoms with Gasteiger partial charge in [-0.25, -0.2) is 4.79 Å². The molecule has 72 heavy (non-hydrogen) atoms. The number of rotatable bonds is 57. The Morgan fingerprint density at radius 2 is 0.750 bits per heavy atom. The minimum absolute atomic E-state index is 0.176. The zero-order chi connectivity index (χ0) is 52.7. The molecular formula is C63H118NO8+. The number of carboxylic acids is 1. The number of carboxylic acid groups (broad SMARTS) is 1. The molecule has 0 rings (SSSR count). The number of aliphatic carboxylic acids is 1. The van der Waals surface area contributed by atoms with Gasteiger partial charge in [-0.2, -0.15) is 0 Å². The molecule has 2 unspecified atom stereocenters. The normalized spacial score (nSPS) is 13.0. The molecule has 0 aliphatic carbocycles. The molecule has 9 nitrogen and oxygen atoms in total. The van der Waals surface area contributed by atoms with Gasteiger partial charge in [0.2, 0.25) is 0 Å². The number of allylic oxidation sites excluding steroid dienone is 6. The molecule has 0 aliphatic heterocycles. The van der Waals surface area contributed by atoms with E-state index < -0.39 is 18.4 Å². The Morgan fingerprint density at radius 3 is 1.11 bits per heavy atom. The van der Waals surface area contributed by atoms with Crippen molar-refractivity contribution in [1.29, 1.82) is 0 Å². The second-order valence-corrected chi connectivity index (χ2v) is 22.0. The van der Waals surface area contributed by atoms with Gasteiger partial charge < -0.3 is 28.5 Å². The van der Waals surface area contributed by atoms with E-state index in [2.05, 4.69) is 50.3 Å². The van der Waals surface area contributed by atoms with Crippen LogP contribution in [0.4, 0.5) is 0 Å². The third-order valence-electron chi connectivity index (χ3n) is 13.6. The molecule has 0 fully saturated rings. The van der Waals surface area contributed by atoms with E-state index in [0.717, 1.165) is 51.4 Å². The minimum Gasteiger partial charge on any atom is -0.477 e. The van der Waals surface area contributed by atoms with Gasteiger partial charge in [-0.3, -0.25) is 9.59 Å². The summed E-state index contributed by atoms with van der Waals surface area (Å²) in [7, 11) is 5.97. The summed E-state index contributed by atoms with van der Waals surface area (Å²) in [5.74, 6) is -1.99. The fraction of sp³-hybridized carbons (Fsp3) is 0.857. The molecular weight excluding hydrogens is 899 g/mol. The zero-order valence-corrected chi connectivity index (χ0v) is 48.1. The van der Waals surface area contributed by atoms with Crippen LogP contribution in [-0.4, -0.2) is 87.4 Å². The third kappa shape index (κ3) is 55.3. The van der Waals surface area contributed by atoms with Crippen molar-refractivity contribution in [1.82, 2.24) is 0 Å². The van der Waals surface area contributed by atoms with Crippen LogP contribution in [0.25, 0.3) is 0 Å². The molecule has 2 atom stereocenters. The highest BCUT2D eigenvalue weighted by molar-refractivity contribution is 5.71. The lowest BCUT2D eigenvalue weighted by Crippen LogP contribution is -2.40. The number of carbonyl (C=O) groups excluding carboxylic acids is 2. The van der Waals surface area contributed by atoms with Crippen molar-refractivity contribution < 1.29 is 42.9 Å². The second kappa shape index (κ2) is 54.8. The quantitative estimate of drug-likeness (QED) is 0.0211. The maximum atomic E-state index is 12.8. The minimum atomic E-state index is -1.50. The molecule has 0 heterocycles. The third-order valence-corrected chi connectivity index (χ3v) is 13.6. The van der Waals surface area contributed by atoms with Crippen molar-refractivity contribution in [2.45, 2.75) is 302 Å². The lowest BCUT2D eigenvalue weighted by atomic mass is 10.0. The van der Waals surface area contributed by atoms with Crippen molar-refractivity contribution in [2.75, 3.05) is 47.5 Å². The Bertz CT molecular complexity index is 1270. The van der Waals surface area contributed by atoms with E-state index in [-0.39, 0.29) is 38.2 Å². The van der Waals surface area contributed by atoms with E-state index in [4.69, 9.17) is 18.9 Å². The summed E-state index contributed by atoms with van der Waals surface area (Å²) in [6.45, 7) is 4.88. The van der Waals surface area contributed by atoms with Gasteiger partial charge in [0.05, 0.1) is 34.4 Å². The lowest BCUT2D eigenvalue weighted by Gasteiger charge is -2.25. The number of ether oxygens (including phenoxy) is 4. The average molecular weight is 1020 g/mol. The van der Waals surface area contributed by atoms with E-state index in [0.29, 0.717) is 17.4 Å². The van der Waals surface area contributed by atoms with Crippen molar-refractivity contribution >= 4 is 17.9 Å². The van der Waals surface area contributed by atoms with Gasteiger partial charge >= 0.3 is 17.9 Å². The standard InChI is InChI=1S/C63H117NO8/c1-6-8-10-12-14-16-18-19-20-21-22-23-24-25-26-27-28-29-30-31-32-33-34-35-36-37-38-39-40-41-42-43-44-46-48-50-52-54-61(66)72-59(58-71-63(62(67)68)69-56-55-64(3,4)5)57-70-60(65)53-51-49-47-45-17-15-13-11-9-7-2/h18-19,21-22,24-25,59,63H,6-17,20,23,26-58H2,1-5H3/p+1/b19-18-,22-21-,25-24-. The van der Waals surface area contributed by atoms with Gasteiger partial charge in [-0.05, 0) is 51.4 Å². The van der Waals surface area contributed by atoms with Gasteiger partial charge in [0, 0.05) is 12.8 Å². The molecule has 0 saturated heterocycles. The molecule has 0 radical (unpaired) electrons. The summed E-state index contributed by atoms with van der Waals surface area (Å²) in [4.78, 5) is 37.2. The molecule has 0 aromatic heterocycles. The number of esters is 2. The Balaban J connectivity index is 3.93. The summed E-state index contributed by atoms with van der Waals surface area (Å²) in [6.07, 6.45) is 64.1. The first-order valence-electron chi connectivity index (χ1n) is 30.7. The maximum absolute atomic E-state index is 12.8. The SMILES string of the molecule is CCCCCCC/C=C\C/C=C\C/C=C\CCCCCCCCCCCCCCCCCCCCCCCCC(=O)OC(COC(=O)CCCCCCCCCCCC)COC(OCC[N+](C)(C)C)C(=O)O. The first kappa shape index (κ1) is 69.5. The van der Waals surface area contributed by atoms with Crippen molar-refractivity contribution in [3.8, 4) is 0 Å². The molecule has 0 aliphatic rings.